The summed E-state index contributed by atoms with van der Waals surface area (Å²) in [6.07, 6.45) is 1.82. The van der Waals surface area contributed by atoms with Gasteiger partial charge < -0.3 is 11.1 Å². The second kappa shape index (κ2) is 9.58. The standard InChI is InChI=1S/C28H27N3O/c1-19-20(2)30-18-17-25(19)21-13-15-24(16-14-21)31-28(32)27(29)26(22-9-5-3-6-10-22)23-11-7-4-8-12-23/h3-18,26-27H,29H2,1-2H3,(H,31,32)/t27-/m0/s1. The van der Waals surface area contributed by atoms with Crippen molar-refractivity contribution in [3.05, 3.63) is 120 Å². The average molecular weight is 422 g/mol. The van der Waals surface area contributed by atoms with E-state index in [1.807, 2.05) is 104 Å². The maximum absolute atomic E-state index is 13.1. The maximum atomic E-state index is 13.1. The van der Waals surface area contributed by atoms with Crippen LogP contribution < -0.4 is 11.1 Å². The van der Waals surface area contributed by atoms with Crippen molar-refractivity contribution in [2.45, 2.75) is 25.8 Å². The van der Waals surface area contributed by atoms with E-state index in [2.05, 4.69) is 17.2 Å². The lowest BCUT2D eigenvalue weighted by atomic mass is 9.85. The van der Waals surface area contributed by atoms with Crippen LogP contribution in [0.2, 0.25) is 0 Å². The Balaban J connectivity index is 1.55. The van der Waals surface area contributed by atoms with E-state index in [1.165, 1.54) is 0 Å². The van der Waals surface area contributed by atoms with Gasteiger partial charge in [-0.3, -0.25) is 9.78 Å². The highest BCUT2D eigenvalue weighted by molar-refractivity contribution is 5.96. The van der Waals surface area contributed by atoms with Crippen molar-refractivity contribution in [3.63, 3.8) is 0 Å². The lowest BCUT2D eigenvalue weighted by molar-refractivity contribution is -0.117. The molecule has 0 radical (unpaired) electrons. The fourth-order valence-electron chi connectivity index (χ4n) is 3.99. The summed E-state index contributed by atoms with van der Waals surface area (Å²) in [7, 11) is 0. The Kier molecular flexibility index (Phi) is 6.43. The number of anilines is 1. The number of carbonyl (C=O) groups excluding carboxylic acids is 1. The van der Waals surface area contributed by atoms with Gasteiger partial charge in [-0.1, -0.05) is 72.8 Å². The number of hydrogen-bond donors (Lipinski definition) is 2. The van der Waals surface area contributed by atoms with E-state index in [0.717, 1.165) is 39.2 Å². The highest BCUT2D eigenvalue weighted by Crippen LogP contribution is 2.29. The summed E-state index contributed by atoms with van der Waals surface area (Å²) in [6, 6.07) is 29.0. The second-order valence-electron chi connectivity index (χ2n) is 7.96. The minimum Gasteiger partial charge on any atom is -0.325 e. The minimum absolute atomic E-state index is 0.216. The molecule has 160 valence electrons. The van der Waals surface area contributed by atoms with E-state index in [1.54, 1.807) is 0 Å². The van der Waals surface area contributed by atoms with Crippen LogP contribution in [0.5, 0.6) is 0 Å². The zero-order valence-corrected chi connectivity index (χ0v) is 18.3. The molecule has 4 nitrogen and oxygen atoms in total. The lowest BCUT2D eigenvalue weighted by Gasteiger charge is -2.24. The van der Waals surface area contributed by atoms with Gasteiger partial charge in [-0.2, -0.15) is 0 Å². The number of amides is 1. The molecular formula is C28H27N3O. The third kappa shape index (κ3) is 4.61. The Bertz CT molecular complexity index is 1150. The summed E-state index contributed by atoms with van der Waals surface area (Å²) in [6.45, 7) is 4.07. The van der Waals surface area contributed by atoms with Gasteiger partial charge in [0.1, 0.15) is 0 Å². The number of benzene rings is 3. The monoisotopic (exact) mass is 421 g/mol. The fraction of sp³-hybridized carbons (Fsp3) is 0.143. The molecule has 0 spiro atoms. The van der Waals surface area contributed by atoms with Crippen molar-refractivity contribution in [3.8, 4) is 11.1 Å². The number of nitrogens with zero attached hydrogens (tertiary/aromatic N) is 1. The molecule has 0 aliphatic heterocycles. The average Bonchev–Trinajstić information content (AvgIpc) is 2.83. The van der Waals surface area contributed by atoms with Crippen molar-refractivity contribution in [1.82, 2.24) is 4.98 Å². The van der Waals surface area contributed by atoms with Crippen LogP contribution in [-0.2, 0) is 4.79 Å². The predicted octanol–water partition coefficient (Wildman–Crippen LogP) is 5.46. The van der Waals surface area contributed by atoms with Crippen molar-refractivity contribution < 1.29 is 4.79 Å². The molecule has 4 rings (SSSR count). The fourth-order valence-corrected chi connectivity index (χ4v) is 3.99. The van der Waals surface area contributed by atoms with Gasteiger partial charge in [0.15, 0.2) is 0 Å². The minimum atomic E-state index is -0.732. The molecule has 1 aromatic heterocycles. The van der Waals surface area contributed by atoms with Crippen LogP contribution in [0.4, 0.5) is 5.69 Å². The highest BCUT2D eigenvalue weighted by Gasteiger charge is 2.27. The Labute approximate surface area is 189 Å². The summed E-state index contributed by atoms with van der Waals surface area (Å²) < 4.78 is 0. The first-order valence-corrected chi connectivity index (χ1v) is 10.7. The largest absolute Gasteiger partial charge is 0.325 e. The van der Waals surface area contributed by atoms with Crippen LogP contribution >= 0.6 is 0 Å². The quantitative estimate of drug-likeness (QED) is 0.434. The summed E-state index contributed by atoms with van der Waals surface area (Å²) in [5.74, 6) is -0.453. The van der Waals surface area contributed by atoms with Gasteiger partial charge >= 0.3 is 0 Å². The Morgan fingerprint density at radius 2 is 1.38 bits per heavy atom. The summed E-state index contributed by atoms with van der Waals surface area (Å²) in [5.41, 5.74) is 13.6. The van der Waals surface area contributed by atoms with Crippen molar-refractivity contribution in [1.29, 1.82) is 0 Å². The van der Waals surface area contributed by atoms with Crippen molar-refractivity contribution in [2.75, 3.05) is 5.32 Å². The smallest absolute Gasteiger partial charge is 0.242 e. The van der Waals surface area contributed by atoms with Gasteiger partial charge in [0.05, 0.1) is 6.04 Å². The van der Waals surface area contributed by atoms with E-state index < -0.39 is 6.04 Å². The van der Waals surface area contributed by atoms with E-state index >= 15 is 0 Å². The molecule has 0 aliphatic rings. The summed E-state index contributed by atoms with van der Waals surface area (Å²) in [4.78, 5) is 17.4. The maximum Gasteiger partial charge on any atom is 0.242 e. The SMILES string of the molecule is Cc1nccc(-c2ccc(NC(=O)[C@@H](N)C(c3ccccc3)c3ccccc3)cc2)c1C. The number of aryl methyl sites for hydroxylation is 1. The number of carbonyl (C=O) groups is 1. The molecule has 4 aromatic rings. The van der Waals surface area contributed by atoms with E-state index in [4.69, 9.17) is 5.73 Å². The number of nitrogens with two attached hydrogens (primary N) is 1. The molecule has 1 atom stereocenters. The zero-order chi connectivity index (χ0) is 22.5. The molecular weight excluding hydrogens is 394 g/mol. The number of rotatable bonds is 6. The van der Waals surface area contributed by atoms with Crippen LogP contribution in [0.15, 0.2) is 97.2 Å². The van der Waals surface area contributed by atoms with Crippen molar-refractivity contribution >= 4 is 11.6 Å². The van der Waals surface area contributed by atoms with Crippen LogP contribution in [0.25, 0.3) is 11.1 Å². The summed E-state index contributed by atoms with van der Waals surface area (Å²) >= 11 is 0. The first kappa shape index (κ1) is 21.5. The molecule has 0 fully saturated rings. The number of aromatic nitrogens is 1. The molecule has 4 heteroatoms. The normalized spacial score (nSPS) is 11.9. The summed E-state index contributed by atoms with van der Waals surface area (Å²) in [5, 5.41) is 2.99. The molecule has 0 saturated carbocycles. The van der Waals surface area contributed by atoms with Gasteiger partial charge in [0.25, 0.3) is 0 Å². The molecule has 1 amide bonds. The topological polar surface area (TPSA) is 68.0 Å². The molecule has 3 aromatic carbocycles. The molecule has 32 heavy (non-hydrogen) atoms. The third-order valence-corrected chi connectivity index (χ3v) is 5.90. The second-order valence-corrected chi connectivity index (χ2v) is 7.96. The Morgan fingerprint density at radius 1 is 0.812 bits per heavy atom. The molecule has 3 N–H and O–H groups in total. The van der Waals surface area contributed by atoms with Crippen LogP contribution in [0.1, 0.15) is 28.3 Å². The molecule has 0 saturated heterocycles. The van der Waals surface area contributed by atoms with Crippen LogP contribution in [-0.4, -0.2) is 16.9 Å². The van der Waals surface area contributed by atoms with E-state index in [-0.39, 0.29) is 11.8 Å². The van der Waals surface area contributed by atoms with Gasteiger partial charge in [-0.05, 0) is 59.9 Å². The van der Waals surface area contributed by atoms with Gasteiger partial charge in [0.2, 0.25) is 5.91 Å². The number of pyridine rings is 1. The predicted molar refractivity (Wildman–Crippen MR) is 130 cm³/mol. The Morgan fingerprint density at radius 3 is 1.94 bits per heavy atom. The molecule has 0 unspecified atom stereocenters. The lowest BCUT2D eigenvalue weighted by Crippen LogP contribution is -2.41. The number of nitrogens with one attached hydrogen (secondary N) is 1. The first-order valence-electron chi connectivity index (χ1n) is 10.7. The zero-order valence-electron chi connectivity index (χ0n) is 18.3. The molecule has 0 bridgehead atoms. The molecule has 1 heterocycles. The van der Waals surface area contributed by atoms with Gasteiger partial charge in [-0.15, -0.1) is 0 Å². The van der Waals surface area contributed by atoms with Gasteiger partial charge in [-0.25, -0.2) is 0 Å². The van der Waals surface area contributed by atoms with E-state index in [0.29, 0.717) is 0 Å². The highest BCUT2D eigenvalue weighted by atomic mass is 16.2. The van der Waals surface area contributed by atoms with Crippen LogP contribution in [0.3, 0.4) is 0 Å². The Hall–Kier alpha value is -3.76. The third-order valence-electron chi connectivity index (χ3n) is 5.90. The van der Waals surface area contributed by atoms with E-state index in [9.17, 15) is 4.79 Å². The number of hydrogen-bond acceptors (Lipinski definition) is 3. The van der Waals surface area contributed by atoms with Crippen molar-refractivity contribution in [2.24, 2.45) is 5.73 Å². The van der Waals surface area contributed by atoms with Crippen LogP contribution in [0, 0.1) is 13.8 Å². The first-order chi connectivity index (χ1) is 15.5. The molecule has 0 aliphatic carbocycles. The van der Waals surface area contributed by atoms with Gasteiger partial charge in [0, 0.05) is 23.5 Å².